The summed E-state index contributed by atoms with van der Waals surface area (Å²) in [5, 5.41) is 8.99. The van der Waals surface area contributed by atoms with E-state index in [1.165, 1.54) is 13.3 Å². The van der Waals surface area contributed by atoms with E-state index in [1.54, 1.807) is 48.5 Å². The molecule has 0 fully saturated rings. The van der Waals surface area contributed by atoms with Crippen molar-refractivity contribution in [3.63, 3.8) is 0 Å². The van der Waals surface area contributed by atoms with Crippen LogP contribution in [0.5, 0.6) is 11.5 Å². The summed E-state index contributed by atoms with van der Waals surface area (Å²) in [4.78, 5) is 35.4. The van der Waals surface area contributed by atoms with Crippen molar-refractivity contribution < 1.29 is 23.9 Å². The molecule has 2 aromatic rings. The Bertz CT molecular complexity index is 926. The number of anilines is 1. The van der Waals surface area contributed by atoms with Gasteiger partial charge in [0.2, 0.25) is 0 Å². The SMILES string of the molecule is COc1cccc(NC(=O)C(=O)N/N=C/c2ccc(OCC(=O)NCC(C)C)cc2)c1. The van der Waals surface area contributed by atoms with Gasteiger partial charge in [0.1, 0.15) is 11.5 Å². The smallest absolute Gasteiger partial charge is 0.329 e. The summed E-state index contributed by atoms with van der Waals surface area (Å²) in [6, 6.07) is 13.4. The lowest BCUT2D eigenvalue weighted by Gasteiger charge is -2.09. The molecule has 0 aliphatic heterocycles. The van der Waals surface area contributed by atoms with E-state index in [4.69, 9.17) is 9.47 Å². The van der Waals surface area contributed by atoms with Gasteiger partial charge in [-0.15, -0.1) is 0 Å². The van der Waals surface area contributed by atoms with Crippen LogP contribution in [0.15, 0.2) is 53.6 Å². The van der Waals surface area contributed by atoms with Gasteiger partial charge in [0.05, 0.1) is 13.3 Å². The summed E-state index contributed by atoms with van der Waals surface area (Å²) in [6.45, 7) is 4.55. The fraction of sp³-hybridized carbons (Fsp3) is 0.273. The van der Waals surface area contributed by atoms with Crippen molar-refractivity contribution in [1.82, 2.24) is 10.7 Å². The number of amides is 3. The lowest BCUT2D eigenvalue weighted by molar-refractivity contribution is -0.136. The van der Waals surface area contributed by atoms with Crippen LogP contribution in [0.4, 0.5) is 5.69 Å². The van der Waals surface area contributed by atoms with Crippen molar-refractivity contribution in [2.75, 3.05) is 25.6 Å². The molecular weight excluding hydrogens is 400 g/mol. The second-order valence-corrected chi connectivity index (χ2v) is 6.94. The number of hydrogen-bond donors (Lipinski definition) is 3. The first-order valence-corrected chi connectivity index (χ1v) is 9.65. The zero-order valence-corrected chi connectivity index (χ0v) is 17.7. The highest BCUT2D eigenvalue weighted by atomic mass is 16.5. The van der Waals surface area contributed by atoms with Gasteiger partial charge in [-0.25, -0.2) is 5.43 Å². The Kier molecular flexibility index (Phi) is 9.03. The van der Waals surface area contributed by atoms with E-state index < -0.39 is 11.8 Å². The lowest BCUT2D eigenvalue weighted by atomic mass is 10.2. The topological polar surface area (TPSA) is 118 Å². The standard InChI is InChI=1S/C22H26N4O5/c1-15(2)12-23-20(27)14-31-18-9-7-16(8-10-18)13-24-26-22(29)21(28)25-17-5-4-6-19(11-17)30-3/h4-11,13,15H,12,14H2,1-3H3,(H,23,27)(H,25,28)(H,26,29)/b24-13+. The van der Waals surface area contributed by atoms with Crippen molar-refractivity contribution in [1.29, 1.82) is 0 Å². The molecule has 0 aliphatic rings. The summed E-state index contributed by atoms with van der Waals surface area (Å²) >= 11 is 0. The molecule has 3 amide bonds. The Balaban J connectivity index is 1.78. The maximum atomic E-state index is 11.9. The first kappa shape index (κ1) is 23.4. The molecule has 0 saturated carbocycles. The Labute approximate surface area is 180 Å². The molecule has 31 heavy (non-hydrogen) atoms. The van der Waals surface area contributed by atoms with Gasteiger partial charge in [-0.2, -0.15) is 5.10 Å². The molecule has 9 nitrogen and oxygen atoms in total. The third-order valence-electron chi connectivity index (χ3n) is 3.87. The number of methoxy groups -OCH3 is 1. The number of nitrogens with zero attached hydrogens (tertiary/aromatic N) is 1. The molecule has 9 heteroatoms. The van der Waals surface area contributed by atoms with Gasteiger partial charge in [-0.05, 0) is 47.9 Å². The summed E-state index contributed by atoms with van der Waals surface area (Å²) < 4.78 is 10.5. The van der Waals surface area contributed by atoms with Gasteiger partial charge in [-0.1, -0.05) is 19.9 Å². The van der Waals surface area contributed by atoms with E-state index in [1.807, 2.05) is 13.8 Å². The fourth-order valence-electron chi connectivity index (χ4n) is 2.27. The molecule has 3 N–H and O–H groups in total. The van der Waals surface area contributed by atoms with Gasteiger partial charge in [0.15, 0.2) is 6.61 Å². The lowest BCUT2D eigenvalue weighted by Crippen LogP contribution is -2.32. The molecule has 2 rings (SSSR count). The van der Waals surface area contributed by atoms with E-state index in [0.29, 0.717) is 35.2 Å². The number of ether oxygens (including phenoxy) is 2. The highest BCUT2D eigenvalue weighted by Gasteiger charge is 2.13. The second kappa shape index (κ2) is 12.0. The number of benzene rings is 2. The van der Waals surface area contributed by atoms with Crippen LogP contribution in [0, 0.1) is 5.92 Å². The zero-order valence-electron chi connectivity index (χ0n) is 17.7. The third kappa shape index (κ3) is 8.57. The van der Waals surface area contributed by atoms with Gasteiger partial charge in [-0.3, -0.25) is 14.4 Å². The minimum absolute atomic E-state index is 0.0708. The third-order valence-corrected chi connectivity index (χ3v) is 3.87. The van der Waals surface area contributed by atoms with Crippen LogP contribution in [0.1, 0.15) is 19.4 Å². The molecule has 2 aromatic carbocycles. The summed E-state index contributed by atoms with van der Waals surface area (Å²) in [5.41, 5.74) is 3.26. The van der Waals surface area contributed by atoms with E-state index in [-0.39, 0.29) is 12.5 Å². The van der Waals surface area contributed by atoms with Crippen LogP contribution in [-0.2, 0) is 14.4 Å². The predicted molar refractivity (Wildman–Crippen MR) is 117 cm³/mol. The zero-order chi connectivity index (χ0) is 22.6. The van der Waals surface area contributed by atoms with Crippen molar-refractivity contribution in [2.24, 2.45) is 11.0 Å². The maximum absolute atomic E-state index is 11.9. The quantitative estimate of drug-likeness (QED) is 0.322. The minimum Gasteiger partial charge on any atom is -0.497 e. The Morgan fingerprint density at radius 3 is 2.45 bits per heavy atom. The van der Waals surface area contributed by atoms with Gasteiger partial charge in [0, 0.05) is 18.3 Å². The average Bonchev–Trinajstić information content (AvgIpc) is 2.77. The van der Waals surface area contributed by atoms with E-state index in [2.05, 4.69) is 21.2 Å². The Morgan fingerprint density at radius 2 is 1.77 bits per heavy atom. The molecule has 164 valence electrons. The molecule has 0 aromatic heterocycles. The summed E-state index contributed by atoms with van der Waals surface area (Å²) in [5.74, 6) is -0.500. The number of carbonyl (C=O) groups excluding carboxylic acids is 3. The molecule has 0 aliphatic carbocycles. The second-order valence-electron chi connectivity index (χ2n) is 6.94. The molecular formula is C22H26N4O5. The monoisotopic (exact) mass is 426 g/mol. The van der Waals surface area contributed by atoms with E-state index in [9.17, 15) is 14.4 Å². The Hall–Kier alpha value is -3.88. The van der Waals surface area contributed by atoms with Gasteiger partial charge in [0.25, 0.3) is 5.91 Å². The van der Waals surface area contributed by atoms with Crippen LogP contribution >= 0.6 is 0 Å². The minimum atomic E-state index is -0.911. The van der Waals surface area contributed by atoms with Crippen molar-refractivity contribution in [3.8, 4) is 11.5 Å². The number of hydrazone groups is 1. The number of hydrogen-bond acceptors (Lipinski definition) is 6. The van der Waals surface area contributed by atoms with Crippen molar-refractivity contribution in [2.45, 2.75) is 13.8 Å². The van der Waals surface area contributed by atoms with Crippen LogP contribution in [0.3, 0.4) is 0 Å². The number of rotatable bonds is 9. The summed E-state index contributed by atoms with van der Waals surface area (Å²) in [7, 11) is 1.51. The highest BCUT2D eigenvalue weighted by molar-refractivity contribution is 6.39. The van der Waals surface area contributed by atoms with E-state index >= 15 is 0 Å². The molecule has 0 heterocycles. The van der Waals surface area contributed by atoms with Crippen molar-refractivity contribution in [3.05, 3.63) is 54.1 Å². The molecule has 0 spiro atoms. The normalized spacial score (nSPS) is 10.6. The molecule has 0 atom stereocenters. The molecule has 0 radical (unpaired) electrons. The van der Waals surface area contributed by atoms with E-state index in [0.717, 1.165) is 0 Å². The highest BCUT2D eigenvalue weighted by Crippen LogP contribution is 2.16. The first-order valence-electron chi connectivity index (χ1n) is 9.65. The molecule has 0 saturated heterocycles. The fourth-order valence-corrected chi connectivity index (χ4v) is 2.27. The van der Waals surface area contributed by atoms with Crippen LogP contribution < -0.4 is 25.5 Å². The van der Waals surface area contributed by atoms with Crippen LogP contribution in [-0.4, -0.2) is 44.2 Å². The molecule has 0 unspecified atom stereocenters. The first-order chi connectivity index (χ1) is 14.9. The Morgan fingerprint density at radius 1 is 1.03 bits per heavy atom. The van der Waals surface area contributed by atoms with Crippen LogP contribution in [0.2, 0.25) is 0 Å². The molecule has 0 bridgehead atoms. The predicted octanol–water partition coefficient (Wildman–Crippen LogP) is 1.93. The van der Waals surface area contributed by atoms with Gasteiger partial charge >= 0.3 is 11.8 Å². The largest absolute Gasteiger partial charge is 0.497 e. The van der Waals surface area contributed by atoms with Crippen LogP contribution in [0.25, 0.3) is 0 Å². The number of carbonyl (C=O) groups is 3. The van der Waals surface area contributed by atoms with Gasteiger partial charge < -0.3 is 20.1 Å². The number of nitrogens with one attached hydrogen (secondary N) is 3. The maximum Gasteiger partial charge on any atom is 0.329 e. The van der Waals surface area contributed by atoms with Crippen molar-refractivity contribution >= 4 is 29.6 Å². The average molecular weight is 426 g/mol. The summed E-state index contributed by atoms with van der Waals surface area (Å²) in [6.07, 6.45) is 1.38.